The van der Waals surface area contributed by atoms with Crippen LogP contribution in [0, 0.1) is 17.5 Å². The monoisotopic (exact) mass is 368 g/mol. The lowest BCUT2D eigenvalue weighted by molar-refractivity contribution is 0.0956. The van der Waals surface area contributed by atoms with Gasteiger partial charge in [-0.15, -0.1) is 0 Å². The van der Waals surface area contributed by atoms with Crippen molar-refractivity contribution in [3.8, 4) is 5.69 Å². The molecule has 7 heteroatoms. The number of benzene rings is 3. The summed E-state index contributed by atoms with van der Waals surface area (Å²) >= 11 is 0. The van der Waals surface area contributed by atoms with Crippen molar-refractivity contribution in [1.29, 1.82) is 0 Å². The van der Waals surface area contributed by atoms with Gasteiger partial charge in [0.25, 0.3) is 5.91 Å². The van der Waals surface area contributed by atoms with E-state index in [4.69, 9.17) is 0 Å². The Morgan fingerprint density at radius 1 is 0.815 bits per heavy atom. The normalized spacial score (nSPS) is 11.1. The smallest absolute Gasteiger partial charge is 0.268 e. The van der Waals surface area contributed by atoms with Gasteiger partial charge in [0.15, 0.2) is 0 Å². The van der Waals surface area contributed by atoms with Crippen molar-refractivity contribution in [1.82, 2.24) is 9.13 Å². The summed E-state index contributed by atoms with van der Waals surface area (Å²) in [5.41, 5.74) is -1.12. The van der Waals surface area contributed by atoms with Crippen LogP contribution >= 0.6 is 0 Å². The summed E-state index contributed by atoms with van der Waals surface area (Å²) in [5, 5.41) is 0. The summed E-state index contributed by atoms with van der Waals surface area (Å²) in [6.45, 7) is 0. The minimum absolute atomic E-state index is 0.0161. The number of imidazole rings is 1. The van der Waals surface area contributed by atoms with Gasteiger partial charge in [-0.05, 0) is 36.4 Å². The lowest BCUT2D eigenvalue weighted by Gasteiger charge is -2.04. The van der Waals surface area contributed by atoms with Crippen molar-refractivity contribution in [2.45, 2.75) is 0 Å². The number of hydrogen-bond acceptors (Lipinski definition) is 2. The van der Waals surface area contributed by atoms with E-state index in [-0.39, 0.29) is 11.0 Å². The zero-order valence-electron chi connectivity index (χ0n) is 13.7. The molecule has 0 saturated heterocycles. The molecule has 27 heavy (non-hydrogen) atoms. The molecular formula is C20H11F3N2O2. The van der Waals surface area contributed by atoms with E-state index in [0.717, 1.165) is 22.8 Å². The summed E-state index contributed by atoms with van der Waals surface area (Å²) in [4.78, 5) is 25.8. The average Bonchev–Trinajstić information content (AvgIpc) is 2.95. The molecular weight excluding hydrogens is 357 g/mol. The van der Waals surface area contributed by atoms with Gasteiger partial charge in [0.2, 0.25) is 0 Å². The van der Waals surface area contributed by atoms with Crippen LogP contribution in [0.25, 0.3) is 16.7 Å². The molecule has 1 heterocycles. The number of carbonyl (C=O) groups is 1. The van der Waals surface area contributed by atoms with Crippen LogP contribution in [0.1, 0.15) is 10.4 Å². The van der Waals surface area contributed by atoms with E-state index in [0.29, 0.717) is 16.3 Å². The summed E-state index contributed by atoms with van der Waals surface area (Å²) in [5.74, 6) is -3.68. The Bertz CT molecular complexity index is 1240. The second-order valence-electron chi connectivity index (χ2n) is 5.83. The molecule has 0 bridgehead atoms. The number of rotatable bonds is 2. The Hall–Kier alpha value is -3.61. The quantitative estimate of drug-likeness (QED) is 0.539. The molecule has 4 nitrogen and oxygen atoms in total. The molecule has 3 aromatic carbocycles. The van der Waals surface area contributed by atoms with E-state index < -0.39 is 34.6 Å². The van der Waals surface area contributed by atoms with Gasteiger partial charge < -0.3 is 0 Å². The highest BCUT2D eigenvalue weighted by atomic mass is 19.1. The van der Waals surface area contributed by atoms with Crippen LogP contribution in [0.5, 0.6) is 0 Å². The Labute approximate surface area is 150 Å². The fourth-order valence-corrected chi connectivity index (χ4v) is 3.00. The predicted octanol–water partition coefficient (Wildman–Crippen LogP) is 3.90. The molecule has 0 spiro atoms. The van der Waals surface area contributed by atoms with Crippen molar-refractivity contribution in [3.63, 3.8) is 0 Å². The third-order valence-electron chi connectivity index (χ3n) is 4.19. The van der Waals surface area contributed by atoms with Crippen LogP contribution in [-0.2, 0) is 0 Å². The number of halogens is 3. The second-order valence-corrected chi connectivity index (χ2v) is 5.83. The summed E-state index contributed by atoms with van der Waals surface area (Å²) in [6, 6.07) is 14.5. The minimum atomic E-state index is -1.11. The van der Waals surface area contributed by atoms with Gasteiger partial charge in [-0.1, -0.05) is 24.3 Å². The lowest BCUT2D eigenvalue weighted by atomic mass is 10.2. The zero-order valence-corrected chi connectivity index (χ0v) is 13.7. The highest BCUT2D eigenvalue weighted by molar-refractivity contribution is 6.01. The third kappa shape index (κ3) is 2.64. The van der Waals surface area contributed by atoms with E-state index >= 15 is 0 Å². The van der Waals surface area contributed by atoms with Crippen molar-refractivity contribution in [2.24, 2.45) is 0 Å². The number of nitrogens with zero attached hydrogens (tertiary/aromatic N) is 2. The van der Waals surface area contributed by atoms with Gasteiger partial charge in [-0.3, -0.25) is 9.36 Å². The molecule has 0 saturated carbocycles. The number of hydrogen-bond donors (Lipinski definition) is 0. The van der Waals surface area contributed by atoms with Crippen LogP contribution < -0.4 is 5.69 Å². The molecule has 134 valence electrons. The first-order valence-corrected chi connectivity index (χ1v) is 7.96. The maximum Gasteiger partial charge on any atom is 0.340 e. The standard InChI is InChI=1S/C20H11F3N2O2/c21-12-9-10-14(16(23)11-12)19(26)25-17-8-4-7-15(22)18(17)24(20(25)27)13-5-2-1-3-6-13/h1-11H. The Morgan fingerprint density at radius 3 is 2.26 bits per heavy atom. The van der Waals surface area contributed by atoms with Gasteiger partial charge >= 0.3 is 5.69 Å². The highest BCUT2D eigenvalue weighted by Gasteiger charge is 2.24. The van der Waals surface area contributed by atoms with Crippen LogP contribution in [-0.4, -0.2) is 15.0 Å². The maximum absolute atomic E-state index is 14.5. The zero-order chi connectivity index (χ0) is 19.1. The van der Waals surface area contributed by atoms with E-state index in [1.165, 1.54) is 12.1 Å². The van der Waals surface area contributed by atoms with Crippen molar-refractivity contribution < 1.29 is 18.0 Å². The topological polar surface area (TPSA) is 44.0 Å². The first-order valence-electron chi connectivity index (χ1n) is 7.96. The molecule has 4 rings (SSSR count). The van der Waals surface area contributed by atoms with Gasteiger partial charge in [0, 0.05) is 6.07 Å². The molecule has 0 fully saturated rings. The van der Waals surface area contributed by atoms with Gasteiger partial charge in [0.05, 0.1) is 16.8 Å². The molecule has 0 unspecified atom stereocenters. The number of carbonyl (C=O) groups excluding carboxylic acids is 1. The Morgan fingerprint density at radius 2 is 1.56 bits per heavy atom. The summed E-state index contributed by atoms with van der Waals surface area (Å²) < 4.78 is 43.5. The van der Waals surface area contributed by atoms with Crippen molar-refractivity contribution >= 4 is 16.9 Å². The summed E-state index contributed by atoms with van der Waals surface area (Å²) in [6.07, 6.45) is 0. The highest BCUT2D eigenvalue weighted by Crippen LogP contribution is 2.22. The van der Waals surface area contributed by atoms with Crippen LogP contribution in [0.2, 0.25) is 0 Å². The fourth-order valence-electron chi connectivity index (χ4n) is 3.00. The number of para-hydroxylation sites is 2. The van der Waals surface area contributed by atoms with E-state index in [9.17, 15) is 22.8 Å². The molecule has 0 aliphatic heterocycles. The van der Waals surface area contributed by atoms with E-state index in [1.54, 1.807) is 30.3 Å². The minimum Gasteiger partial charge on any atom is -0.268 e. The second kappa shape index (κ2) is 6.28. The molecule has 4 aromatic rings. The van der Waals surface area contributed by atoms with Gasteiger partial charge in [-0.2, -0.15) is 0 Å². The maximum atomic E-state index is 14.5. The van der Waals surface area contributed by atoms with Crippen LogP contribution in [0.3, 0.4) is 0 Å². The molecule has 0 atom stereocenters. The Balaban J connectivity index is 2.05. The molecule has 0 aliphatic rings. The van der Waals surface area contributed by atoms with Crippen LogP contribution in [0.4, 0.5) is 13.2 Å². The first kappa shape index (κ1) is 16.8. The van der Waals surface area contributed by atoms with E-state index in [2.05, 4.69) is 0 Å². The predicted molar refractivity (Wildman–Crippen MR) is 93.6 cm³/mol. The SMILES string of the molecule is O=C(c1ccc(F)cc1F)n1c(=O)n(-c2ccccc2)c2c(F)cccc21. The number of fused-ring (bicyclic) bond motifs is 1. The van der Waals surface area contributed by atoms with Crippen molar-refractivity contribution in [2.75, 3.05) is 0 Å². The lowest BCUT2D eigenvalue weighted by Crippen LogP contribution is -2.29. The fraction of sp³-hybridized carbons (Fsp3) is 0. The Kier molecular flexibility index (Phi) is 3.92. The molecule has 0 radical (unpaired) electrons. The largest absolute Gasteiger partial charge is 0.340 e. The average molecular weight is 368 g/mol. The first-order chi connectivity index (χ1) is 13.0. The van der Waals surface area contributed by atoms with E-state index in [1.807, 2.05) is 0 Å². The van der Waals surface area contributed by atoms with Crippen LogP contribution in [0.15, 0.2) is 71.5 Å². The molecule has 0 aliphatic carbocycles. The molecule has 0 N–H and O–H groups in total. The van der Waals surface area contributed by atoms with Gasteiger partial charge in [-0.25, -0.2) is 22.5 Å². The number of aromatic nitrogens is 2. The summed E-state index contributed by atoms with van der Waals surface area (Å²) in [7, 11) is 0. The molecule has 0 amide bonds. The van der Waals surface area contributed by atoms with Gasteiger partial charge in [0.1, 0.15) is 23.0 Å². The van der Waals surface area contributed by atoms with Crippen molar-refractivity contribution in [3.05, 3.63) is 100 Å². The third-order valence-corrected chi connectivity index (χ3v) is 4.19. The molecule has 1 aromatic heterocycles.